The number of amides is 2. The van der Waals surface area contributed by atoms with Crippen molar-refractivity contribution in [1.82, 2.24) is 10.6 Å². The first-order chi connectivity index (χ1) is 11.4. The Kier molecular flexibility index (Phi) is 10.7. The van der Waals surface area contributed by atoms with Crippen molar-refractivity contribution in [1.29, 1.82) is 0 Å². The first-order valence-electron chi connectivity index (χ1n) is 7.45. The molecular formula is C14H24N2O8. The third-order valence-electron chi connectivity index (χ3n) is 2.73. The van der Waals surface area contributed by atoms with E-state index in [0.29, 0.717) is 0 Å². The maximum Gasteiger partial charge on any atom is 0.407 e. The summed E-state index contributed by atoms with van der Waals surface area (Å²) in [7, 11) is 2.70. The van der Waals surface area contributed by atoms with Gasteiger partial charge in [0.1, 0.15) is 13.2 Å². The van der Waals surface area contributed by atoms with Crippen molar-refractivity contribution < 1.29 is 38.1 Å². The molecule has 138 valence electrons. The monoisotopic (exact) mass is 348 g/mol. The predicted molar refractivity (Wildman–Crippen MR) is 81.2 cm³/mol. The van der Waals surface area contributed by atoms with Crippen LogP contribution in [-0.4, -0.2) is 63.6 Å². The van der Waals surface area contributed by atoms with E-state index in [0.717, 1.165) is 0 Å². The van der Waals surface area contributed by atoms with Crippen LogP contribution in [-0.2, 0) is 28.5 Å². The van der Waals surface area contributed by atoms with Gasteiger partial charge in [-0.2, -0.15) is 0 Å². The molecule has 0 heterocycles. The van der Waals surface area contributed by atoms with Crippen LogP contribution in [0.4, 0.5) is 9.59 Å². The summed E-state index contributed by atoms with van der Waals surface area (Å²) in [4.78, 5) is 45.5. The molecule has 0 aliphatic heterocycles. The summed E-state index contributed by atoms with van der Waals surface area (Å²) in [5.74, 6) is -1.11. The van der Waals surface area contributed by atoms with E-state index in [1.807, 2.05) is 0 Å². The minimum absolute atomic E-state index is 0.0674. The molecule has 2 amide bonds. The fourth-order valence-corrected chi connectivity index (χ4v) is 1.39. The first kappa shape index (κ1) is 21.5. The van der Waals surface area contributed by atoms with Gasteiger partial charge in [-0.15, -0.1) is 0 Å². The molecular weight excluding hydrogens is 324 g/mol. The quantitative estimate of drug-likeness (QED) is 0.451. The fourth-order valence-electron chi connectivity index (χ4n) is 1.39. The Bertz CT molecular complexity index is 400. The molecule has 0 saturated heterocycles. The summed E-state index contributed by atoms with van der Waals surface area (Å²) in [5.41, 5.74) is 0. The third kappa shape index (κ3) is 8.81. The zero-order valence-corrected chi connectivity index (χ0v) is 14.2. The highest BCUT2D eigenvalue weighted by atomic mass is 16.6. The molecule has 0 saturated carbocycles. The van der Waals surface area contributed by atoms with Crippen molar-refractivity contribution >= 4 is 24.1 Å². The molecule has 2 unspecified atom stereocenters. The average molecular weight is 348 g/mol. The Hall–Kier alpha value is -2.52. The summed E-state index contributed by atoms with van der Waals surface area (Å²) >= 11 is 0. The van der Waals surface area contributed by atoms with Crippen molar-refractivity contribution in [3.63, 3.8) is 0 Å². The van der Waals surface area contributed by atoms with Gasteiger partial charge in [0, 0.05) is 26.9 Å². The van der Waals surface area contributed by atoms with E-state index in [-0.39, 0.29) is 26.1 Å². The number of alkyl carbamates (subject to hydrolysis) is 2. The molecule has 0 fully saturated rings. The number of esters is 2. The van der Waals surface area contributed by atoms with Crippen LogP contribution in [0.15, 0.2) is 0 Å². The molecule has 0 aliphatic rings. The predicted octanol–water partition coefficient (Wildman–Crippen LogP) is 0.342. The molecule has 10 heteroatoms. The smallest absolute Gasteiger partial charge is 0.407 e. The Morgan fingerprint density at radius 2 is 1.25 bits per heavy atom. The Labute approximate surface area is 140 Å². The van der Waals surface area contributed by atoms with Gasteiger partial charge < -0.3 is 29.6 Å². The molecule has 2 N–H and O–H groups in total. The zero-order chi connectivity index (χ0) is 18.5. The van der Waals surface area contributed by atoms with E-state index in [1.54, 1.807) is 13.8 Å². The van der Waals surface area contributed by atoms with Crippen LogP contribution in [0.2, 0.25) is 0 Å². The van der Waals surface area contributed by atoms with E-state index in [9.17, 15) is 19.2 Å². The second-order valence-corrected chi connectivity index (χ2v) is 4.46. The third-order valence-corrected chi connectivity index (χ3v) is 2.73. The fraction of sp³-hybridized carbons (Fsp3) is 0.714. The van der Waals surface area contributed by atoms with E-state index in [1.165, 1.54) is 14.1 Å². The van der Waals surface area contributed by atoms with Gasteiger partial charge in [0.25, 0.3) is 0 Å². The molecule has 0 bridgehead atoms. The lowest BCUT2D eigenvalue weighted by Gasteiger charge is -2.26. The standard InChI is InChI=1S/C14H24N2O8/c1-5-11(17)21-7-10(24-14(20)16-4)9(23-12(18)6-2)8-22-13(19)15-3/h9-10H,5-8H2,1-4H3,(H,15,19)(H,16,20). The van der Waals surface area contributed by atoms with Crippen molar-refractivity contribution in [2.45, 2.75) is 38.9 Å². The molecule has 0 rings (SSSR count). The van der Waals surface area contributed by atoms with Gasteiger partial charge in [-0.05, 0) is 0 Å². The summed E-state index contributed by atoms with van der Waals surface area (Å²) in [5, 5.41) is 4.46. The zero-order valence-electron chi connectivity index (χ0n) is 14.2. The van der Waals surface area contributed by atoms with E-state index >= 15 is 0 Å². The van der Waals surface area contributed by atoms with E-state index < -0.39 is 36.3 Å². The second-order valence-electron chi connectivity index (χ2n) is 4.46. The normalized spacial score (nSPS) is 12.3. The first-order valence-corrected chi connectivity index (χ1v) is 7.45. The van der Waals surface area contributed by atoms with Crippen LogP contribution in [0.3, 0.4) is 0 Å². The van der Waals surface area contributed by atoms with Gasteiger partial charge in [-0.1, -0.05) is 13.8 Å². The van der Waals surface area contributed by atoms with E-state index in [2.05, 4.69) is 10.6 Å². The number of ether oxygens (including phenoxy) is 4. The van der Waals surface area contributed by atoms with Crippen molar-refractivity contribution in [2.75, 3.05) is 27.3 Å². The molecule has 24 heavy (non-hydrogen) atoms. The van der Waals surface area contributed by atoms with Crippen LogP contribution in [0.1, 0.15) is 26.7 Å². The van der Waals surface area contributed by atoms with Gasteiger partial charge >= 0.3 is 24.1 Å². The lowest BCUT2D eigenvalue weighted by molar-refractivity contribution is -0.164. The molecule has 0 spiro atoms. The topological polar surface area (TPSA) is 129 Å². The van der Waals surface area contributed by atoms with Crippen LogP contribution in [0.25, 0.3) is 0 Å². The molecule has 0 aliphatic carbocycles. The Morgan fingerprint density at radius 3 is 1.75 bits per heavy atom. The van der Waals surface area contributed by atoms with Gasteiger partial charge in [-0.25, -0.2) is 9.59 Å². The maximum absolute atomic E-state index is 11.5. The van der Waals surface area contributed by atoms with Gasteiger partial charge in [0.2, 0.25) is 0 Å². The lowest BCUT2D eigenvalue weighted by Crippen LogP contribution is -2.44. The van der Waals surface area contributed by atoms with E-state index in [4.69, 9.17) is 18.9 Å². The maximum atomic E-state index is 11.5. The largest absolute Gasteiger partial charge is 0.462 e. The minimum Gasteiger partial charge on any atom is -0.462 e. The molecule has 0 aromatic heterocycles. The lowest BCUT2D eigenvalue weighted by atomic mass is 10.2. The summed E-state index contributed by atoms with van der Waals surface area (Å²) in [6.07, 6.45) is -3.64. The Balaban J connectivity index is 5.09. The number of carbonyl (C=O) groups excluding carboxylic acids is 4. The minimum atomic E-state index is -1.14. The Morgan fingerprint density at radius 1 is 0.750 bits per heavy atom. The highest BCUT2D eigenvalue weighted by Crippen LogP contribution is 2.09. The molecule has 10 nitrogen and oxygen atoms in total. The number of rotatable bonds is 9. The SMILES string of the molecule is CCC(=O)OCC(OC(=O)NC)C(COC(=O)NC)OC(=O)CC. The summed E-state index contributed by atoms with van der Waals surface area (Å²) in [6, 6.07) is 0. The second kappa shape index (κ2) is 12.0. The van der Waals surface area contributed by atoms with Crippen LogP contribution < -0.4 is 10.6 Å². The van der Waals surface area contributed by atoms with Crippen LogP contribution in [0.5, 0.6) is 0 Å². The molecule has 0 radical (unpaired) electrons. The van der Waals surface area contributed by atoms with Crippen molar-refractivity contribution in [3.8, 4) is 0 Å². The molecule has 0 aromatic carbocycles. The summed E-state index contributed by atoms with van der Waals surface area (Å²) < 4.78 is 20.0. The number of carbonyl (C=O) groups is 4. The van der Waals surface area contributed by atoms with Gasteiger partial charge in [-0.3, -0.25) is 9.59 Å². The van der Waals surface area contributed by atoms with Crippen molar-refractivity contribution in [2.24, 2.45) is 0 Å². The van der Waals surface area contributed by atoms with Gasteiger partial charge in [0.05, 0.1) is 0 Å². The number of hydrogen-bond donors (Lipinski definition) is 2. The molecule has 0 aromatic rings. The van der Waals surface area contributed by atoms with Gasteiger partial charge in [0.15, 0.2) is 12.2 Å². The molecule has 2 atom stereocenters. The van der Waals surface area contributed by atoms with Crippen LogP contribution in [0, 0.1) is 0 Å². The number of nitrogens with one attached hydrogen (secondary N) is 2. The highest BCUT2D eigenvalue weighted by Gasteiger charge is 2.31. The number of hydrogen-bond acceptors (Lipinski definition) is 8. The van der Waals surface area contributed by atoms with Crippen LogP contribution >= 0.6 is 0 Å². The summed E-state index contributed by atoms with van der Waals surface area (Å²) in [6.45, 7) is 2.45. The highest BCUT2D eigenvalue weighted by molar-refractivity contribution is 5.70. The average Bonchev–Trinajstić information content (AvgIpc) is 2.60. The van der Waals surface area contributed by atoms with Crippen molar-refractivity contribution in [3.05, 3.63) is 0 Å².